The minimum Gasteiger partial charge on any atom is -0.338 e. The van der Waals surface area contributed by atoms with E-state index in [1.165, 1.54) is 22.7 Å². The molecule has 1 aliphatic heterocycles. The highest BCUT2D eigenvalue weighted by Crippen LogP contribution is 2.31. The molecule has 0 radical (unpaired) electrons. The maximum absolute atomic E-state index is 13.4. The normalized spacial score (nSPS) is 13.5. The zero-order chi connectivity index (χ0) is 20.3. The maximum Gasteiger partial charge on any atom is 0.253 e. The van der Waals surface area contributed by atoms with Gasteiger partial charge in [0.1, 0.15) is 5.82 Å². The first-order chi connectivity index (χ1) is 13.3. The number of anilines is 1. The lowest BCUT2D eigenvalue weighted by molar-refractivity contribution is 0.0757. The minimum absolute atomic E-state index is 0.0844. The minimum atomic E-state index is -3.31. The molecule has 0 N–H and O–H groups in total. The van der Waals surface area contributed by atoms with Crippen LogP contribution in [-0.4, -0.2) is 45.1 Å². The van der Waals surface area contributed by atoms with E-state index < -0.39 is 10.0 Å². The van der Waals surface area contributed by atoms with Crippen molar-refractivity contribution in [3.05, 3.63) is 65.0 Å². The fourth-order valence-corrected chi connectivity index (χ4v) is 4.53. The van der Waals surface area contributed by atoms with Crippen molar-refractivity contribution in [3.8, 4) is 0 Å². The highest BCUT2D eigenvalue weighted by atomic mass is 32.2. The Balaban J connectivity index is 1.76. The monoisotopic (exact) mass is 404 g/mol. The molecule has 0 aliphatic carbocycles. The average Bonchev–Trinajstić information content (AvgIpc) is 3.08. The predicted octanol–water partition coefficient (Wildman–Crippen LogP) is 3.24. The van der Waals surface area contributed by atoms with Crippen LogP contribution in [0.3, 0.4) is 0 Å². The summed E-state index contributed by atoms with van der Waals surface area (Å²) in [5, 5.41) is 0. The molecular formula is C21H25FN2O3S. The predicted molar refractivity (Wildman–Crippen MR) is 109 cm³/mol. The molecular weight excluding hydrogens is 379 g/mol. The third kappa shape index (κ3) is 4.52. The summed E-state index contributed by atoms with van der Waals surface area (Å²) in [7, 11) is -3.31. The van der Waals surface area contributed by atoms with Crippen molar-refractivity contribution in [2.75, 3.05) is 30.2 Å². The Morgan fingerprint density at radius 3 is 2.64 bits per heavy atom. The highest BCUT2D eigenvalue weighted by molar-refractivity contribution is 7.92. The SMILES string of the molecule is CCCN(CCc1cccc(F)c1)C(=O)c1ccc2c(c1)CCN2S(C)(=O)=O. The van der Waals surface area contributed by atoms with Gasteiger partial charge in [0.15, 0.2) is 0 Å². The zero-order valence-corrected chi connectivity index (χ0v) is 17.0. The molecule has 2 aromatic rings. The quantitative estimate of drug-likeness (QED) is 0.712. The summed E-state index contributed by atoms with van der Waals surface area (Å²) in [5.41, 5.74) is 2.94. The van der Waals surface area contributed by atoms with Gasteiger partial charge in [0.25, 0.3) is 5.91 Å². The summed E-state index contributed by atoms with van der Waals surface area (Å²) < 4.78 is 38.5. The second-order valence-corrected chi connectivity index (χ2v) is 9.01. The van der Waals surface area contributed by atoms with Gasteiger partial charge in [-0.3, -0.25) is 9.10 Å². The topological polar surface area (TPSA) is 57.7 Å². The molecule has 0 saturated heterocycles. The van der Waals surface area contributed by atoms with Crippen molar-refractivity contribution in [3.63, 3.8) is 0 Å². The van der Waals surface area contributed by atoms with Gasteiger partial charge >= 0.3 is 0 Å². The average molecular weight is 405 g/mol. The molecule has 0 unspecified atom stereocenters. The molecule has 1 aliphatic rings. The fourth-order valence-electron chi connectivity index (χ4n) is 3.57. The Morgan fingerprint density at radius 2 is 1.96 bits per heavy atom. The van der Waals surface area contributed by atoms with Crippen molar-refractivity contribution in [1.82, 2.24) is 4.90 Å². The number of rotatable bonds is 7. The van der Waals surface area contributed by atoms with E-state index in [1.807, 2.05) is 13.0 Å². The summed E-state index contributed by atoms with van der Waals surface area (Å²) in [5.74, 6) is -0.362. The van der Waals surface area contributed by atoms with Crippen LogP contribution in [-0.2, 0) is 22.9 Å². The van der Waals surface area contributed by atoms with Gasteiger partial charge in [0.2, 0.25) is 10.0 Å². The number of nitrogens with zero attached hydrogens (tertiary/aromatic N) is 2. The molecule has 3 rings (SSSR count). The van der Waals surface area contributed by atoms with E-state index >= 15 is 0 Å². The van der Waals surface area contributed by atoms with E-state index in [0.29, 0.717) is 43.7 Å². The smallest absolute Gasteiger partial charge is 0.253 e. The molecule has 0 bridgehead atoms. The number of halogens is 1. The highest BCUT2D eigenvalue weighted by Gasteiger charge is 2.27. The molecule has 5 nitrogen and oxygen atoms in total. The van der Waals surface area contributed by atoms with Gasteiger partial charge in [-0.25, -0.2) is 12.8 Å². The van der Waals surface area contributed by atoms with E-state index in [1.54, 1.807) is 29.2 Å². The summed E-state index contributed by atoms with van der Waals surface area (Å²) in [6.45, 7) is 3.53. The molecule has 1 amide bonds. The molecule has 7 heteroatoms. The summed E-state index contributed by atoms with van der Waals surface area (Å²) in [4.78, 5) is 14.8. The van der Waals surface area contributed by atoms with E-state index in [2.05, 4.69) is 0 Å². The number of hydrogen-bond donors (Lipinski definition) is 0. The lowest BCUT2D eigenvalue weighted by Gasteiger charge is -2.23. The second-order valence-electron chi connectivity index (χ2n) is 7.10. The molecule has 0 atom stereocenters. The molecule has 0 spiro atoms. The van der Waals surface area contributed by atoms with Crippen molar-refractivity contribution in [2.24, 2.45) is 0 Å². The van der Waals surface area contributed by atoms with Crippen LogP contribution in [0.15, 0.2) is 42.5 Å². The first kappa shape index (κ1) is 20.3. The number of amides is 1. The van der Waals surface area contributed by atoms with Crippen LogP contribution in [0.25, 0.3) is 0 Å². The van der Waals surface area contributed by atoms with Gasteiger partial charge in [0, 0.05) is 25.2 Å². The van der Waals surface area contributed by atoms with Crippen molar-refractivity contribution < 1.29 is 17.6 Å². The van der Waals surface area contributed by atoms with Crippen LogP contribution < -0.4 is 4.31 Å². The number of benzene rings is 2. The second kappa shape index (κ2) is 8.31. The molecule has 1 heterocycles. The molecule has 0 aromatic heterocycles. The summed E-state index contributed by atoms with van der Waals surface area (Å²) >= 11 is 0. The Labute approximate surface area is 165 Å². The maximum atomic E-state index is 13.4. The Bertz CT molecular complexity index is 975. The molecule has 28 heavy (non-hydrogen) atoms. The van der Waals surface area contributed by atoms with Gasteiger partial charge in [0.05, 0.1) is 11.9 Å². The Morgan fingerprint density at radius 1 is 1.18 bits per heavy atom. The van der Waals surface area contributed by atoms with Crippen molar-refractivity contribution in [2.45, 2.75) is 26.2 Å². The van der Waals surface area contributed by atoms with Crippen LogP contribution in [0.4, 0.5) is 10.1 Å². The van der Waals surface area contributed by atoms with Gasteiger partial charge in [-0.2, -0.15) is 0 Å². The van der Waals surface area contributed by atoms with Gasteiger partial charge in [-0.05, 0) is 60.7 Å². The van der Waals surface area contributed by atoms with Crippen LogP contribution in [0, 0.1) is 5.82 Å². The van der Waals surface area contributed by atoms with Crippen LogP contribution in [0.5, 0.6) is 0 Å². The fraction of sp³-hybridized carbons (Fsp3) is 0.381. The first-order valence-corrected chi connectivity index (χ1v) is 11.3. The van der Waals surface area contributed by atoms with Crippen LogP contribution in [0.2, 0.25) is 0 Å². The lowest BCUT2D eigenvalue weighted by Crippen LogP contribution is -2.33. The number of fused-ring (bicyclic) bond motifs is 1. The molecule has 0 fully saturated rings. The van der Waals surface area contributed by atoms with E-state index in [4.69, 9.17) is 0 Å². The van der Waals surface area contributed by atoms with Gasteiger partial charge in [-0.1, -0.05) is 19.1 Å². The van der Waals surface area contributed by atoms with Crippen molar-refractivity contribution >= 4 is 21.6 Å². The number of carbonyl (C=O) groups excluding carboxylic acids is 1. The molecule has 0 saturated carbocycles. The molecule has 150 valence electrons. The van der Waals surface area contributed by atoms with E-state index in [-0.39, 0.29) is 11.7 Å². The number of carbonyl (C=O) groups is 1. The van der Waals surface area contributed by atoms with Crippen molar-refractivity contribution in [1.29, 1.82) is 0 Å². The first-order valence-electron chi connectivity index (χ1n) is 9.44. The summed E-state index contributed by atoms with van der Waals surface area (Å²) in [6.07, 6.45) is 3.19. The Kier molecular flexibility index (Phi) is 6.03. The van der Waals surface area contributed by atoms with Gasteiger partial charge in [-0.15, -0.1) is 0 Å². The summed E-state index contributed by atoms with van der Waals surface area (Å²) in [6, 6.07) is 11.6. The van der Waals surface area contributed by atoms with Crippen LogP contribution in [0.1, 0.15) is 34.8 Å². The lowest BCUT2D eigenvalue weighted by atomic mass is 10.1. The van der Waals surface area contributed by atoms with E-state index in [0.717, 1.165) is 17.5 Å². The largest absolute Gasteiger partial charge is 0.338 e. The zero-order valence-electron chi connectivity index (χ0n) is 16.2. The van der Waals surface area contributed by atoms with E-state index in [9.17, 15) is 17.6 Å². The molecule has 2 aromatic carbocycles. The standard InChI is InChI=1S/C21H25FN2O3S/c1-3-11-23(12-9-16-5-4-6-19(22)14-16)21(25)18-7-8-20-17(15-18)10-13-24(20)28(2,26)27/h4-8,14-15H,3,9-13H2,1-2H3. The number of hydrogen-bond acceptors (Lipinski definition) is 3. The number of sulfonamides is 1. The Hall–Kier alpha value is -2.41. The third-order valence-corrected chi connectivity index (χ3v) is 6.10. The van der Waals surface area contributed by atoms with Gasteiger partial charge < -0.3 is 4.90 Å². The third-order valence-electron chi connectivity index (χ3n) is 4.92. The van der Waals surface area contributed by atoms with Crippen LogP contribution >= 0.6 is 0 Å².